The highest BCUT2D eigenvalue weighted by molar-refractivity contribution is 6.04. The number of methoxy groups -OCH3 is 2. The van der Waals surface area contributed by atoms with E-state index in [4.69, 9.17) is 14.2 Å². The number of hydrogen-bond donors (Lipinski definition) is 1. The summed E-state index contributed by atoms with van der Waals surface area (Å²) in [6.45, 7) is 1.76. The third kappa shape index (κ3) is 5.44. The predicted octanol–water partition coefficient (Wildman–Crippen LogP) is 3.40. The molecule has 0 aliphatic carbocycles. The number of para-hydroxylation sites is 3. The molecule has 7 nitrogen and oxygen atoms in total. The first-order valence-electron chi connectivity index (χ1n) is 9.90. The van der Waals surface area contributed by atoms with Crippen molar-refractivity contribution in [3.63, 3.8) is 0 Å². The van der Waals surface area contributed by atoms with E-state index in [1.54, 1.807) is 20.3 Å². The summed E-state index contributed by atoms with van der Waals surface area (Å²) in [6, 6.07) is 17.3. The molecule has 0 aliphatic rings. The van der Waals surface area contributed by atoms with Crippen molar-refractivity contribution >= 4 is 22.9 Å². The number of benzene rings is 2. The van der Waals surface area contributed by atoms with Crippen molar-refractivity contribution in [2.75, 3.05) is 34.0 Å². The quantitative estimate of drug-likeness (QED) is 0.309. The van der Waals surface area contributed by atoms with Gasteiger partial charge < -0.3 is 24.1 Å². The van der Waals surface area contributed by atoms with Gasteiger partial charge in [0.15, 0.2) is 11.5 Å². The zero-order chi connectivity index (χ0) is 22.1. The Hall–Kier alpha value is -3.76. The standard InChI is InChI=1S/C24H25N3O4/c1-29-13-11-26-24(28)18(16-25)15-19-17-27(21-8-4-3-7-20(19)21)12-14-31-23-10-6-5-9-22(23)30-2/h3-10,15,17H,11-14H2,1-2H3,(H,26,28). The summed E-state index contributed by atoms with van der Waals surface area (Å²) in [7, 11) is 3.16. The van der Waals surface area contributed by atoms with Gasteiger partial charge in [-0.3, -0.25) is 4.79 Å². The van der Waals surface area contributed by atoms with E-state index >= 15 is 0 Å². The lowest BCUT2D eigenvalue weighted by Crippen LogP contribution is -2.27. The fourth-order valence-corrected chi connectivity index (χ4v) is 3.23. The summed E-state index contributed by atoms with van der Waals surface area (Å²) in [5, 5.41) is 13.1. The van der Waals surface area contributed by atoms with E-state index in [1.807, 2.05) is 60.8 Å². The lowest BCUT2D eigenvalue weighted by Gasteiger charge is -2.11. The number of carbonyl (C=O) groups excluding carboxylic acids is 1. The first-order chi connectivity index (χ1) is 15.2. The van der Waals surface area contributed by atoms with Gasteiger partial charge in [-0.25, -0.2) is 0 Å². The van der Waals surface area contributed by atoms with Crippen LogP contribution in [0.25, 0.3) is 17.0 Å². The van der Waals surface area contributed by atoms with Crippen LogP contribution in [-0.2, 0) is 16.1 Å². The van der Waals surface area contributed by atoms with Gasteiger partial charge >= 0.3 is 0 Å². The monoisotopic (exact) mass is 419 g/mol. The molecular weight excluding hydrogens is 394 g/mol. The molecule has 160 valence electrons. The van der Waals surface area contributed by atoms with Gasteiger partial charge in [-0.2, -0.15) is 5.26 Å². The molecule has 31 heavy (non-hydrogen) atoms. The molecule has 3 rings (SSSR count). The van der Waals surface area contributed by atoms with Crippen LogP contribution < -0.4 is 14.8 Å². The maximum absolute atomic E-state index is 12.3. The molecular formula is C24H25N3O4. The van der Waals surface area contributed by atoms with Crippen molar-refractivity contribution in [3.8, 4) is 17.6 Å². The topological polar surface area (TPSA) is 85.5 Å². The van der Waals surface area contributed by atoms with E-state index < -0.39 is 5.91 Å². The molecule has 1 heterocycles. The molecule has 1 amide bonds. The number of hydrogen-bond acceptors (Lipinski definition) is 5. The van der Waals surface area contributed by atoms with Gasteiger partial charge in [0.2, 0.25) is 0 Å². The van der Waals surface area contributed by atoms with Crippen LogP contribution in [0.15, 0.2) is 60.3 Å². The van der Waals surface area contributed by atoms with Crippen molar-refractivity contribution < 1.29 is 19.0 Å². The molecule has 0 atom stereocenters. The Morgan fingerprint density at radius 1 is 1.10 bits per heavy atom. The minimum Gasteiger partial charge on any atom is -0.493 e. The molecule has 3 aromatic rings. The Kier molecular flexibility index (Phi) is 7.68. The molecule has 0 bridgehead atoms. The number of rotatable bonds is 10. The molecule has 0 radical (unpaired) electrons. The lowest BCUT2D eigenvalue weighted by atomic mass is 10.1. The Morgan fingerprint density at radius 3 is 2.58 bits per heavy atom. The van der Waals surface area contributed by atoms with Crippen LogP contribution >= 0.6 is 0 Å². The zero-order valence-corrected chi connectivity index (χ0v) is 17.6. The van der Waals surface area contributed by atoms with E-state index in [1.165, 1.54) is 0 Å². The van der Waals surface area contributed by atoms with E-state index in [-0.39, 0.29) is 5.57 Å². The lowest BCUT2D eigenvalue weighted by molar-refractivity contribution is -0.117. The molecule has 1 N–H and O–H groups in total. The smallest absolute Gasteiger partial charge is 0.262 e. The van der Waals surface area contributed by atoms with Crippen molar-refractivity contribution in [2.24, 2.45) is 0 Å². The number of fused-ring (bicyclic) bond motifs is 1. The first-order valence-corrected chi connectivity index (χ1v) is 9.90. The van der Waals surface area contributed by atoms with Crippen LogP contribution in [0.3, 0.4) is 0 Å². The van der Waals surface area contributed by atoms with E-state index in [2.05, 4.69) is 9.88 Å². The summed E-state index contributed by atoms with van der Waals surface area (Å²) < 4.78 is 18.2. The van der Waals surface area contributed by atoms with Crippen LogP contribution in [0.4, 0.5) is 0 Å². The van der Waals surface area contributed by atoms with Gasteiger partial charge in [0.05, 0.1) is 20.3 Å². The maximum Gasteiger partial charge on any atom is 0.262 e. The number of carbonyl (C=O) groups is 1. The number of nitrogens with one attached hydrogen (secondary N) is 1. The molecule has 0 saturated carbocycles. The summed E-state index contributed by atoms with van der Waals surface area (Å²) in [5.74, 6) is 0.943. The highest BCUT2D eigenvalue weighted by atomic mass is 16.5. The third-order valence-corrected chi connectivity index (χ3v) is 4.73. The first kappa shape index (κ1) is 21.9. The molecule has 0 aliphatic heterocycles. The number of nitriles is 1. The summed E-state index contributed by atoms with van der Waals surface area (Å²) >= 11 is 0. The maximum atomic E-state index is 12.3. The van der Waals surface area contributed by atoms with E-state index in [9.17, 15) is 10.1 Å². The predicted molar refractivity (Wildman–Crippen MR) is 119 cm³/mol. The second-order valence-electron chi connectivity index (χ2n) is 6.71. The van der Waals surface area contributed by atoms with Crippen molar-refractivity contribution in [3.05, 3.63) is 65.9 Å². The van der Waals surface area contributed by atoms with E-state index in [0.717, 1.165) is 16.5 Å². The van der Waals surface area contributed by atoms with Crippen LogP contribution in [0, 0.1) is 11.3 Å². The van der Waals surface area contributed by atoms with Gasteiger partial charge in [-0.1, -0.05) is 30.3 Å². The van der Waals surface area contributed by atoms with Gasteiger partial charge in [0.1, 0.15) is 18.2 Å². The Labute approximate surface area is 181 Å². The number of aromatic nitrogens is 1. The molecule has 0 spiro atoms. The van der Waals surface area contributed by atoms with Crippen LogP contribution in [0.1, 0.15) is 5.56 Å². The van der Waals surface area contributed by atoms with Crippen LogP contribution in [0.5, 0.6) is 11.5 Å². The number of ether oxygens (including phenoxy) is 3. The van der Waals surface area contributed by atoms with Crippen LogP contribution in [-0.4, -0.2) is 44.5 Å². The largest absolute Gasteiger partial charge is 0.493 e. The van der Waals surface area contributed by atoms with Crippen molar-refractivity contribution in [1.82, 2.24) is 9.88 Å². The molecule has 0 fully saturated rings. The van der Waals surface area contributed by atoms with Crippen LogP contribution in [0.2, 0.25) is 0 Å². The minimum atomic E-state index is -0.420. The molecule has 0 unspecified atom stereocenters. The summed E-state index contributed by atoms with van der Waals surface area (Å²) in [5.41, 5.74) is 1.84. The average molecular weight is 419 g/mol. The molecule has 7 heteroatoms. The Morgan fingerprint density at radius 2 is 1.84 bits per heavy atom. The molecule has 2 aromatic carbocycles. The molecule has 1 aromatic heterocycles. The number of amides is 1. The molecule has 0 saturated heterocycles. The van der Waals surface area contributed by atoms with Gasteiger partial charge in [-0.05, 0) is 24.3 Å². The Balaban J connectivity index is 1.80. The fourth-order valence-electron chi connectivity index (χ4n) is 3.23. The van der Waals surface area contributed by atoms with Crippen molar-refractivity contribution in [2.45, 2.75) is 6.54 Å². The second kappa shape index (κ2) is 10.9. The summed E-state index contributed by atoms with van der Waals surface area (Å²) in [4.78, 5) is 12.3. The SMILES string of the molecule is COCCNC(=O)C(C#N)=Cc1cn(CCOc2ccccc2OC)c2ccccc12. The fraction of sp³-hybridized carbons (Fsp3) is 0.250. The highest BCUT2D eigenvalue weighted by Gasteiger charge is 2.12. The normalized spacial score (nSPS) is 11.2. The van der Waals surface area contributed by atoms with E-state index in [0.29, 0.717) is 37.8 Å². The van der Waals surface area contributed by atoms with Gasteiger partial charge in [0, 0.05) is 36.3 Å². The van der Waals surface area contributed by atoms with Gasteiger partial charge in [0.25, 0.3) is 5.91 Å². The zero-order valence-electron chi connectivity index (χ0n) is 17.6. The summed E-state index contributed by atoms with van der Waals surface area (Å²) in [6.07, 6.45) is 3.54. The highest BCUT2D eigenvalue weighted by Crippen LogP contribution is 2.27. The third-order valence-electron chi connectivity index (χ3n) is 4.73. The average Bonchev–Trinajstić information content (AvgIpc) is 3.15. The van der Waals surface area contributed by atoms with Crippen molar-refractivity contribution in [1.29, 1.82) is 5.26 Å². The Bertz CT molecular complexity index is 1110. The minimum absolute atomic E-state index is 0.0456. The second-order valence-corrected chi connectivity index (χ2v) is 6.71. The number of nitrogens with zero attached hydrogens (tertiary/aromatic N) is 2. The van der Waals surface area contributed by atoms with Gasteiger partial charge in [-0.15, -0.1) is 0 Å².